The molecule has 9 amide bonds. The van der Waals surface area contributed by atoms with Crippen molar-refractivity contribution in [3.05, 3.63) is 83.9 Å². The Morgan fingerprint density at radius 2 is 1.11 bits per heavy atom. The number of guanidine groups is 1. The Morgan fingerprint density at radius 3 is 1.66 bits per heavy atom. The minimum Gasteiger partial charge on any atom is -0.508 e. The molecule has 1 aromatic heterocycles. The summed E-state index contributed by atoms with van der Waals surface area (Å²) < 4.78 is 0. The average molecular weight is 1120 g/mol. The second-order valence-corrected chi connectivity index (χ2v) is 20.0. The van der Waals surface area contributed by atoms with Gasteiger partial charge in [-0.2, -0.15) is 0 Å². The normalized spacial score (nSPS) is 15.2. The standard InChI is InChI=1S/C53H78N14O13/c1-8-28(4)42(50(77)65-41(27(2)3)49(76)67-43(31(7)68)51(78)64-39(52(79)80)22-32-14-10-9-11-15-32)66-48(75)38(24-40(54)70)63-46(73)36(21-33-16-18-35(69)19-17-33)62-47(74)37(23-34-25-57-26-59-34)61-45(72)30(6)60-44(71)29(5)13-12-20-58-53(55)56/h9-11,14-19,25-31,36-39,41-43,68-69H,8,12-13,20-24H2,1-7H3,(H2,54,70)(H,57,59)(H,60,71)(H,61,72)(H,62,74)(H,63,73)(H,64,78)(H,65,77)(H,66,75)(H,67,76)(H,79,80)(H4,55,56,58)/t28-,29?,30?,31?,36?,37?,38?,39?,41?,42?,43?/m1/s1. The van der Waals surface area contributed by atoms with Gasteiger partial charge in [-0.15, -0.1) is 0 Å². The number of imidazole rings is 1. The SMILES string of the molecule is CC[C@@H](C)C(NC(=O)C(CC(N)=O)NC(=O)C(Cc1ccc(O)cc1)NC(=O)C(Cc1cnc[nH]1)NC(=O)C(C)NC(=O)C(C)CCCN=C(N)N)C(=O)NC(C(=O)NC(C(=O)NC(Cc1ccccc1)C(=O)O)C(C)O)C(C)C. The number of nitrogens with zero attached hydrogens (tertiary/aromatic N) is 2. The monoisotopic (exact) mass is 1120 g/mol. The molecule has 80 heavy (non-hydrogen) atoms. The summed E-state index contributed by atoms with van der Waals surface area (Å²) in [5, 5.41) is 50.7. The summed E-state index contributed by atoms with van der Waals surface area (Å²) in [6.07, 6.45) is 0.981. The number of amides is 9. The lowest BCUT2D eigenvalue weighted by atomic mass is 9.95. The number of aliphatic hydroxyl groups excluding tert-OH is 1. The van der Waals surface area contributed by atoms with E-state index in [1.807, 2.05) is 0 Å². The first-order chi connectivity index (χ1) is 37.7. The fraction of sp³-hybridized carbons (Fsp3) is 0.509. The van der Waals surface area contributed by atoms with Gasteiger partial charge >= 0.3 is 5.97 Å². The number of aliphatic imine (C=N–C) groups is 1. The third kappa shape index (κ3) is 22.0. The Balaban J connectivity index is 1.87. The van der Waals surface area contributed by atoms with Crippen molar-refractivity contribution in [1.82, 2.24) is 52.5 Å². The molecule has 18 N–H and O–H groups in total. The Bertz CT molecular complexity index is 2600. The molecule has 2 aromatic carbocycles. The summed E-state index contributed by atoms with van der Waals surface area (Å²) >= 11 is 0. The smallest absolute Gasteiger partial charge is 0.326 e. The third-order valence-electron chi connectivity index (χ3n) is 12.9. The van der Waals surface area contributed by atoms with E-state index in [0.29, 0.717) is 36.2 Å². The number of aromatic hydroxyl groups is 1. The van der Waals surface area contributed by atoms with Crippen LogP contribution in [0.15, 0.2) is 72.1 Å². The summed E-state index contributed by atoms with van der Waals surface area (Å²) in [5.74, 6) is -11.6. The molecule has 0 radical (unpaired) electrons. The van der Waals surface area contributed by atoms with Gasteiger partial charge in [-0.25, -0.2) is 9.78 Å². The van der Waals surface area contributed by atoms with E-state index < -0.39 is 138 Å². The summed E-state index contributed by atoms with van der Waals surface area (Å²) in [6.45, 7) is 11.0. The molecule has 0 saturated carbocycles. The van der Waals surface area contributed by atoms with Crippen LogP contribution >= 0.6 is 0 Å². The summed E-state index contributed by atoms with van der Waals surface area (Å²) in [5.41, 5.74) is 17.7. The predicted octanol–water partition coefficient (Wildman–Crippen LogP) is -2.23. The molecule has 0 aliphatic carbocycles. The highest BCUT2D eigenvalue weighted by Gasteiger charge is 2.38. The van der Waals surface area contributed by atoms with Crippen LogP contribution in [0.5, 0.6) is 5.75 Å². The van der Waals surface area contributed by atoms with E-state index in [9.17, 15) is 63.3 Å². The van der Waals surface area contributed by atoms with Crippen molar-refractivity contribution < 1.29 is 63.3 Å². The highest BCUT2D eigenvalue weighted by atomic mass is 16.4. The molecule has 3 rings (SSSR count). The zero-order valence-electron chi connectivity index (χ0n) is 46.0. The number of nitrogens with one attached hydrogen (secondary N) is 9. The quantitative estimate of drug-likeness (QED) is 0.0174. The number of rotatable bonds is 33. The molecule has 0 saturated heterocycles. The van der Waals surface area contributed by atoms with Crippen LogP contribution in [0.1, 0.15) is 91.0 Å². The maximum absolute atomic E-state index is 14.4. The van der Waals surface area contributed by atoms with E-state index in [4.69, 9.17) is 17.2 Å². The summed E-state index contributed by atoms with van der Waals surface area (Å²) in [7, 11) is 0. The maximum atomic E-state index is 14.4. The number of carbonyl (C=O) groups is 10. The average Bonchev–Trinajstić information content (AvgIpc) is 3.92. The lowest BCUT2D eigenvalue weighted by Gasteiger charge is -2.31. The Hall–Kier alpha value is -8.62. The van der Waals surface area contributed by atoms with Crippen molar-refractivity contribution >= 4 is 65.1 Å². The van der Waals surface area contributed by atoms with Crippen LogP contribution in [0.3, 0.4) is 0 Å². The van der Waals surface area contributed by atoms with Crippen molar-refractivity contribution in [2.75, 3.05) is 6.54 Å². The third-order valence-corrected chi connectivity index (χ3v) is 12.9. The molecule has 10 unspecified atom stereocenters. The van der Waals surface area contributed by atoms with Crippen LogP contribution in [0.4, 0.5) is 0 Å². The number of aromatic amines is 1. The van der Waals surface area contributed by atoms with E-state index in [-0.39, 0.29) is 37.4 Å². The second-order valence-electron chi connectivity index (χ2n) is 20.0. The molecule has 27 nitrogen and oxygen atoms in total. The number of H-pyrrole nitrogens is 1. The van der Waals surface area contributed by atoms with Crippen molar-refractivity contribution in [3.8, 4) is 5.75 Å². The topological polar surface area (TPSA) is 447 Å². The Labute approximate surface area is 463 Å². The van der Waals surface area contributed by atoms with E-state index in [1.165, 1.54) is 50.6 Å². The number of carboxylic acid groups (broad SMARTS) is 1. The molecule has 0 aliphatic heterocycles. The lowest BCUT2D eigenvalue weighted by molar-refractivity contribution is -0.143. The van der Waals surface area contributed by atoms with Gasteiger partial charge in [0.25, 0.3) is 0 Å². The van der Waals surface area contributed by atoms with Gasteiger partial charge in [0.05, 0.1) is 18.9 Å². The molecule has 438 valence electrons. The van der Waals surface area contributed by atoms with Gasteiger partial charge in [-0.05, 0) is 61.8 Å². The first-order valence-electron chi connectivity index (χ1n) is 26.2. The van der Waals surface area contributed by atoms with Crippen LogP contribution in [-0.2, 0) is 67.2 Å². The zero-order chi connectivity index (χ0) is 59.8. The maximum Gasteiger partial charge on any atom is 0.326 e. The highest BCUT2D eigenvalue weighted by Crippen LogP contribution is 2.15. The molecule has 1 heterocycles. The predicted molar refractivity (Wildman–Crippen MR) is 292 cm³/mol. The fourth-order valence-corrected chi connectivity index (χ4v) is 8.01. The number of aliphatic hydroxyl groups is 1. The minimum absolute atomic E-state index is 0.0884. The van der Waals surface area contributed by atoms with Gasteiger partial charge in [0.2, 0.25) is 53.2 Å². The largest absolute Gasteiger partial charge is 0.508 e. The number of hydrogen-bond donors (Lipinski definition) is 15. The first kappa shape index (κ1) is 65.7. The van der Waals surface area contributed by atoms with Crippen LogP contribution in [0.25, 0.3) is 0 Å². The number of carbonyl (C=O) groups excluding carboxylic acids is 9. The zero-order valence-corrected chi connectivity index (χ0v) is 46.0. The van der Waals surface area contributed by atoms with Gasteiger partial charge in [0, 0.05) is 43.6 Å². The number of nitrogens with two attached hydrogens (primary N) is 3. The van der Waals surface area contributed by atoms with Gasteiger partial charge in [0.1, 0.15) is 54.1 Å². The number of carboxylic acids is 1. The fourth-order valence-electron chi connectivity index (χ4n) is 8.01. The first-order valence-corrected chi connectivity index (χ1v) is 26.2. The molecule has 27 heteroatoms. The number of aromatic nitrogens is 2. The van der Waals surface area contributed by atoms with Crippen molar-refractivity contribution in [2.45, 2.75) is 148 Å². The second kappa shape index (κ2) is 32.3. The van der Waals surface area contributed by atoms with Crippen molar-refractivity contribution in [1.29, 1.82) is 0 Å². The molecule has 0 fully saturated rings. The van der Waals surface area contributed by atoms with E-state index in [1.54, 1.807) is 65.0 Å². The molecule has 3 aromatic rings. The molecular weight excluding hydrogens is 1040 g/mol. The molecular formula is C53H78N14O13. The summed E-state index contributed by atoms with van der Waals surface area (Å²) in [4.78, 5) is 146. The number of primary amides is 1. The number of aliphatic carboxylic acids is 1. The van der Waals surface area contributed by atoms with Crippen molar-refractivity contribution in [2.24, 2.45) is 39.9 Å². The van der Waals surface area contributed by atoms with Gasteiger partial charge in [0.15, 0.2) is 5.96 Å². The van der Waals surface area contributed by atoms with Gasteiger partial charge < -0.3 is 80.0 Å². The van der Waals surface area contributed by atoms with Crippen LogP contribution in [0.2, 0.25) is 0 Å². The number of hydrogen-bond acceptors (Lipinski definition) is 14. The number of benzene rings is 2. The van der Waals surface area contributed by atoms with Crippen LogP contribution in [-0.4, -0.2) is 151 Å². The Morgan fingerprint density at radius 1 is 0.600 bits per heavy atom. The van der Waals surface area contributed by atoms with Crippen LogP contribution < -0.4 is 59.7 Å². The number of phenolic OH excluding ortho intramolecular Hbond substituents is 1. The lowest BCUT2D eigenvalue weighted by Crippen LogP contribution is -2.63. The minimum atomic E-state index is -1.77. The number of phenols is 1. The van der Waals surface area contributed by atoms with E-state index in [2.05, 4.69) is 57.5 Å². The van der Waals surface area contributed by atoms with Crippen LogP contribution in [0, 0.1) is 17.8 Å². The van der Waals surface area contributed by atoms with E-state index >= 15 is 0 Å². The van der Waals surface area contributed by atoms with Crippen molar-refractivity contribution in [3.63, 3.8) is 0 Å². The summed E-state index contributed by atoms with van der Waals surface area (Å²) in [6, 6.07) is 2.19. The van der Waals surface area contributed by atoms with E-state index in [0.717, 1.165) is 0 Å². The molecule has 11 atom stereocenters. The molecule has 0 aliphatic rings. The highest BCUT2D eigenvalue weighted by molar-refractivity contribution is 5.99. The van der Waals surface area contributed by atoms with Gasteiger partial charge in [-0.1, -0.05) is 83.5 Å². The molecule has 0 spiro atoms. The molecule has 0 bridgehead atoms. The van der Waals surface area contributed by atoms with Gasteiger partial charge in [-0.3, -0.25) is 48.1 Å². The Kier molecular flexibility index (Phi) is 26.5.